The molecule has 0 saturated carbocycles. The highest BCUT2D eigenvalue weighted by atomic mass is 19.1. The van der Waals surface area contributed by atoms with Crippen molar-refractivity contribution in [3.8, 4) is 0 Å². The van der Waals surface area contributed by atoms with Gasteiger partial charge in [0.15, 0.2) is 5.76 Å². The second kappa shape index (κ2) is 9.34. The molecular weight excluding hydrogens is 387 g/mol. The van der Waals surface area contributed by atoms with Gasteiger partial charge in [0.25, 0.3) is 5.91 Å². The van der Waals surface area contributed by atoms with Crippen LogP contribution < -0.4 is 0 Å². The Bertz CT molecular complexity index is 918. The van der Waals surface area contributed by atoms with Crippen LogP contribution in [0.3, 0.4) is 0 Å². The summed E-state index contributed by atoms with van der Waals surface area (Å²) in [6.45, 7) is 8.73. The summed E-state index contributed by atoms with van der Waals surface area (Å²) in [7, 11) is 0. The summed E-state index contributed by atoms with van der Waals surface area (Å²) in [5, 5.41) is 0. The Morgan fingerprint density at radius 1 is 1.10 bits per heavy atom. The van der Waals surface area contributed by atoms with E-state index in [1.807, 2.05) is 0 Å². The number of furan rings is 1. The predicted molar refractivity (Wildman–Crippen MR) is 110 cm³/mol. The number of ketones is 2. The highest BCUT2D eigenvalue weighted by Crippen LogP contribution is 2.38. The number of carbonyl (C=O) groups excluding carboxylic acids is 3. The van der Waals surface area contributed by atoms with Crippen LogP contribution in [-0.4, -0.2) is 53.5 Å². The Hall–Kier alpha value is -2.80. The largest absolute Gasteiger partial charge is 0.458 e. The van der Waals surface area contributed by atoms with E-state index < -0.39 is 35.3 Å². The maximum atomic E-state index is 13.5. The standard InChI is InChI=1S/C23H27FN2O4/c1-4-25(5-2)13-6-14-26-20(16-8-10-17(24)11-9-16)19(22(28)23(26)29)21(27)18-12-7-15(3)30-18/h7-12,19-20H,4-6,13-14H2,1-3H3. The Morgan fingerprint density at radius 3 is 2.33 bits per heavy atom. The van der Waals surface area contributed by atoms with Crippen LogP contribution in [0.5, 0.6) is 0 Å². The Kier molecular flexibility index (Phi) is 6.82. The van der Waals surface area contributed by atoms with Crippen LogP contribution in [0, 0.1) is 18.7 Å². The van der Waals surface area contributed by atoms with Gasteiger partial charge in [-0.25, -0.2) is 4.39 Å². The number of hydrogen-bond donors (Lipinski definition) is 0. The predicted octanol–water partition coefficient (Wildman–Crippen LogP) is 3.41. The lowest BCUT2D eigenvalue weighted by Gasteiger charge is -2.28. The summed E-state index contributed by atoms with van der Waals surface area (Å²) in [6.07, 6.45) is 0.666. The molecule has 1 fully saturated rings. The van der Waals surface area contributed by atoms with Crippen molar-refractivity contribution < 1.29 is 23.2 Å². The molecule has 160 valence electrons. The van der Waals surface area contributed by atoms with Gasteiger partial charge in [-0.1, -0.05) is 26.0 Å². The first kappa shape index (κ1) is 21.9. The third kappa shape index (κ3) is 4.36. The molecule has 1 aromatic heterocycles. The zero-order valence-corrected chi connectivity index (χ0v) is 17.6. The van der Waals surface area contributed by atoms with Crippen LogP contribution in [0.2, 0.25) is 0 Å². The molecule has 7 heteroatoms. The fourth-order valence-corrected chi connectivity index (χ4v) is 3.98. The summed E-state index contributed by atoms with van der Waals surface area (Å²) in [5.74, 6) is -2.98. The van der Waals surface area contributed by atoms with Crippen molar-refractivity contribution >= 4 is 17.5 Å². The number of likely N-dealkylation sites (tertiary alicyclic amines) is 1. The molecule has 1 aliphatic heterocycles. The number of rotatable bonds is 9. The van der Waals surface area contributed by atoms with E-state index in [0.29, 0.717) is 24.3 Å². The number of halogens is 1. The van der Waals surface area contributed by atoms with Gasteiger partial charge in [-0.2, -0.15) is 0 Å². The topological polar surface area (TPSA) is 70.8 Å². The average molecular weight is 414 g/mol. The van der Waals surface area contributed by atoms with Crippen molar-refractivity contribution in [2.24, 2.45) is 5.92 Å². The van der Waals surface area contributed by atoms with E-state index in [9.17, 15) is 18.8 Å². The quantitative estimate of drug-likeness (QED) is 0.357. The van der Waals surface area contributed by atoms with E-state index in [4.69, 9.17) is 4.42 Å². The number of carbonyl (C=O) groups is 3. The van der Waals surface area contributed by atoms with Gasteiger partial charge in [0, 0.05) is 6.54 Å². The van der Waals surface area contributed by atoms with E-state index in [-0.39, 0.29) is 5.76 Å². The normalized spacial score (nSPS) is 19.2. The summed E-state index contributed by atoms with van der Waals surface area (Å²) < 4.78 is 18.9. The second-order valence-electron chi connectivity index (χ2n) is 7.49. The van der Waals surface area contributed by atoms with Crippen LogP contribution in [0.1, 0.15) is 48.2 Å². The zero-order valence-electron chi connectivity index (χ0n) is 17.6. The number of Topliss-reactive ketones (excluding diaryl/α,β-unsaturated/α-hetero) is 2. The molecule has 2 unspecified atom stereocenters. The third-order valence-electron chi connectivity index (χ3n) is 5.65. The van der Waals surface area contributed by atoms with E-state index in [1.54, 1.807) is 13.0 Å². The van der Waals surface area contributed by atoms with Crippen molar-refractivity contribution in [3.05, 3.63) is 59.3 Å². The van der Waals surface area contributed by atoms with Crippen LogP contribution in [0.25, 0.3) is 0 Å². The minimum absolute atomic E-state index is 0.0516. The van der Waals surface area contributed by atoms with Crippen LogP contribution in [0.4, 0.5) is 4.39 Å². The Morgan fingerprint density at radius 2 is 1.77 bits per heavy atom. The molecule has 2 heterocycles. The molecule has 0 aliphatic carbocycles. The number of benzene rings is 1. The van der Waals surface area contributed by atoms with Crippen molar-refractivity contribution in [3.63, 3.8) is 0 Å². The third-order valence-corrected chi connectivity index (χ3v) is 5.65. The molecule has 1 aromatic carbocycles. The molecule has 2 atom stereocenters. The number of aryl methyl sites for hydroxylation is 1. The van der Waals surface area contributed by atoms with Gasteiger partial charge in [0.05, 0.1) is 6.04 Å². The van der Waals surface area contributed by atoms with E-state index in [2.05, 4.69) is 18.7 Å². The summed E-state index contributed by atoms with van der Waals surface area (Å²) >= 11 is 0. The molecule has 0 radical (unpaired) electrons. The van der Waals surface area contributed by atoms with Gasteiger partial charge < -0.3 is 14.2 Å². The van der Waals surface area contributed by atoms with Crippen LogP contribution in [-0.2, 0) is 9.59 Å². The Labute approximate surface area is 175 Å². The Balaban J connectivity index is 1.92. The van der Waals surface area contributed by atoms with Gasteiger partial charge in [-0.05, 0) is 62.8 Å². The molecule has 2 aromatic rings. The van der Waals surface area contributed by atoms with Gasteiger partial charge in [0.2, 0.25) is 11.6 Å². The highest BCUT2D eigenvalue weighted by molar-refractivity contribution is 6.43. The van der Waals surface area contributed by atoms with Gasteiger partial charge in [-0.15, -0.1) is 0 Å². The molecule has 0 spiro atoms. The summed E-state index contributed by atoms with van der Waals surface area (Å²) in [6, 6.07) is 7.97. The molecule has 0 bridgehead atoms. The lowest BCUT2D eigenvalue weighted by atomic mass is 9.88. The average Bonchev–Trinajstić information content (AvgIpc) is 3.28. The highest BCUT2D eigenvalue weighted by Gasteiger charge is 2.52. The van der Waals surface area contributed by atoms with Crippen molar-refractivity contribution in [1.29, 1.82) is 0 Å². The van der Waals surface area contributed by atoms with Crippen molar-refractivity contribution in [1.82, 2.24) is 9.80 Å². The first-order chi connectivity index (χ1) is 14.4. The van der Waals surface area contributed by atoms with Crippen LogP contribution in [0.15, 0.2) is 40.8 Å². The SMILES string of the molecule is CCN(CC)CCCN1C(=O)C(=O)C(C(=O)c2ccc(C)o2)C1c1ccc(F)cc1. The van der Waals surface area contributed by atoms with E-state index >= 15 is 0 Å². The molecule has 1 amide bonds. The van der Waals surface area contributed by atoms with Crippen LogP contribution >= 0.6 is 0 Å². The first-order valence-corrected chi connectivity index (χ1v) is 10.3. The minimum atomic E-state index is -1.21. The second-order valence-corrected chi connectivity index (χ2v) is 7.49. The smallest absolute Gasteiger partial charge is 0.291 e. The summed E-state index contributed by atoms with van der Waals surface area (Å²) in [5.41, 5.74) is 0.556. The molecule has 0 N–H and O–H groups in total. The fraction of sp³-hybridized carbons (Fsp3) is 0.435. The summed E-state index contributed by atoms with van der Waals surface area (Å²) in [4.78, 5) is 42.5. The number of hydrogen-bond acceptors (Lipinski definition) is 5. The van der Waals surface area contributed by atoms with E-state index in [1.165, 1.54) is 35.2 Å². The molecule has 1 aliphatic rings. The van der Waals surface area contributed by atoms with Gasteiger partial charge in [0.1, 0.15) is 17.5 Å². The monoisotopic (exact) mass is 414 g/mol. The number of amides is 1. The number of nitrogens with zero attached hydrogens (tertiary/aromatic N) is 2. The maximum Gasteiger partial charge on any atom is 0.291 e. The van der Waals surface area contributed by atoms with Gasteiger partial charge >= 0.3 is 0 Å². The first-order valence-electron chi connectivity index (χ1n) is 10.3. The maximum absolute atomic E-state index is 13.5. The van der Waals surface area contributed by atoms with E-state index in [0.717, 1.165) is 19.6 Å². The zero-order chi connectivity index (χ0) is 21.8. The molecule has 3 rings (SSSR count). The fourth-order valence-electron chi connectivity index (χ4n) is 3.98. The lowest BCUT2D eigenvalue weighted by molar-refractivity contribution is -0.140. The lowest BCUT2D eigenvalue weighted by Crippen LogP contribution is -2.34. The molecule has 6 nitrogen and oxygen atoms in total. The molecular formula is C23H27FN2O4. The van der Waals surface area contributed by atoms with Gasteiger partial charge in [-0.3, -0.25) is 14.4 Å². The minimum Gasteiger partial charge on any atom is -0.458 e. The molecule has 1 saturated heterocycles. The van der Waals surface area contributed by atoms with Crippen molar-refractivity contribution in [2.45, 2.75) is 33.2 Å². The van der Waals surface area contributed by atoms with Crippen molar-refractivity contribution in [2.75, 3.05) is 26.2 Å². The molecule has 30 heavy (non-hydrogen) atoms.